The van der Waals surface area contributed by atoms with Crippen molar-refractivity contribution in [3.8, 4) is 5.75 Å². The standard InChI is InChI=1S/C19H23N3O4/c1-4-25-18(23)16-10-9-15(13-20-16)21-19(24)22(3)11-12-26-17-8-6-5-7-14(17)2/h5-10,13H,4,11-12H2,1-3H3,(H,21,24). The average Bonchev–Trinajstić information content (AvgIpc) is 2.64. The fraction of sp³-hybridized carbons (Fsp3) is 0.316. The number of amides is 2. The molecule has 2 rings (SSSR count). The lowest BCUT2D eigenvalue weighted by atomic mass is 10.2. The molecule has 2 amide bonds. The summed E-state index contributed by atoms with van der Waals surface area (Å²) in [4.78, 5) is 29.2. The number of carbonyl (C=O) groups is 2. The van der Waals surface area contributed by atoms with Gasteiger partial charge in [0.15, 0.2) is 0 Å². The summed E-state index contributed by atoms with van der Waals surface area (Å²) in [6, 6.07) is 10.5. The number of urea groups is 1. The predicted octanol–water partition coefficient (Wildman–Crippen LogP) is 3.11. The van der Waals surface area contributed by atoms with Crippen molar-refractivity contribution in [3.63, 3.8) is 0 Å². The van der Waals surface area contributed by atoms with Gasteiger partial charge >= 0.3 is 12.0 Å². The van der Waals surface area contributed by atoms with Crippen LogP contribution in [0.3, 0.4) is 0 Å². The first kappa shape index (κ1) is 19.2. The highest BCUT2D eigenvalue weighted by Crippen LogP contribution is 2.16. The number of aromatic nitrogens is 1. The minimum Gasteiger partial charge on any atom is -0.491 e. The molecule has 0 saturated heterocycles. The fourth-order valence-corrected chi connectivity index (χ4v) is 2.12. The molecule has 2 aromatic rings. The second-order valence-electron chi connectivity index (χ2n) is 5.62. The smallest absolute Gasteiger partial charge is 0.356 e. The molecule has 0 unspecified atom stereocenters. The lowest BCUT2D eigenvalue weighted by molar-refractivity contribution is 0.0519. The third-order valence-corrected chi connectivity index (χ3v) is 3.62. The van der Waals surface area contributed by atoms with Crippen molar-refractivity contribution < 1.29 is 19.1 Å². The molecular formula is C19H23N3O4. The maximum absolute atomic E-state index is 12.2. The second kappa shape index (κ2) is 9.41. The third kappa shape index (κ3) is 5.47. The van der Waals surface area contributed by atoms with Gasteiger partial charge in [-0.25, -0.2) is 14.6 Å². The zero-order valence-electron chi connectivity index (χ0n) is 15.2. The van der Waals surface area contributed by atoms with Crippen LogP contribution in [0.1, 0.15) is 23.0 Å². The van der Waals surface area contributed by atoms with Gasteiger partial charge in [-0.2, -0.15) is 0 Å². The van der Waals surface area contributed by atoms with Crippen LogP contribution in [0.4, 0.5) is 10.5 Å². The summed E-state index contributed by atoms with van der Waals surface area (Å²) in [5, 5.41) is 2.72. The number of para-hydroxylation sites is 1. The van der Waals surface area contributed by atoms with Gasteiger partial charge in [0.25, 0.3) is 0 Å². The van der Waals surface area contributed by atoms with Crippen LogP contribution in [0.2, 0.25) is 0 Å². The Morgan fingerprint density at radius 1 is 1.19 bits per heavy atom. The molecule has 0 spiro atoms. The molecule has 7 nitrogen and oxygen atoms in total. The molecule has 1 aromatic carbocycles. The molecule has 0 bridgehead atoms. The SMILES string of the molecule is CCOC(=O)c1ccc(NC(=O)N(C)CCOc2ccccc2C)cn1. The van der Waals surface area contributed by atoms with Crippen molar-refractivity contribution in [1.82, 2.24) is 9.88 Å². The highest BCUT2D eigenvalue weighted by molar-refractivity contribution is 5.90. The largest absolute Gasteiger partial charge is 0.491 e. The summed E-state index contributed by atoms with van der Waals surface area (Å²) in [5.74, 6) is 0.316. The van der Waals surface area contributed by atoms with E-state index >= 15 is 0 Å². The lowest BCUT2D eigenvalue weighted by Crippen LogP contribution is -2.34. The number of pyridine rings is 1. The quantitative estimate of drug-likeness (QED) is 0.770. The van der Waals surface area contributed by atoms with Crippen molar-refractivity contribution in [2.45, 2.75) is 13.8 Å². The topological polar surface area (TPSA) is 80.8 Å². The minimum absolute atomic E-state index is 0.199. The molecule has 26 heavy (non-hydrogen) atoms. The van der Waals surface area contributed by atoms with Crippen molar-refractivity contribution in [1.29, 1.82) is 0 Å². The number of hydrogen-bond donors (Lipinski definition) is 1. The van der Waals surface area contributed by atoms with E-state index in [2.05, 4.69) is 10.3 Å². The van der Waals surface area contributed by atoms with Crippen LogP contribution >= 0.6 is 0 Å². The summed E-state index contributed by atoms with van der Waals surface area (Å²) < 4.78 is 10.6. The van der Waals surface area contributed by atoms with Gasteiger partial charge in [-0.15, -0.1) is 0 Å². The summed E-state index contributed by atoms with van der Waals surface area (Å²) in [7, 11) is 1.68. The first-order valence-electron chi connectivity index (χ1n) is 8.35. The van der Waals surface area contributed by atoms with E-state index in [1.54, 1.807) is 20.0 Å². The first-order valence-corrected chi connectivity index (χ1v) is 8.35. The summed E-state index contributed by atoms with van der Waals surface area (Å²) in [6.45, 7) is 4.79. The van der Waals surface area contributed by atoms with Gasteiger partial charge in [-0.05, 0) is 37.6 Å². The summed E-state index contributed by atoms with van der Waals surface area (Å²) in [6.07, 6.45) is 1.42. The molecule has 0 atom stereocenters. The van der Waals surface area contributed by atoms with E-state index in [0.29, 0.717) is 18.8 Å². The molecule has 0 aliphatic heterocycles. The normalized spacial score (nSPS) is 10.1. The van der Waals surface area contributed by atoms with Crippen LogP contribution in [0.5, 0.6) is 5.75 Å². The number of ether oxygens (including phenoxy) is 2. The van der Waals surface area contributed by atoms with Gasteiger partial charge in [0.1, 0.15) is 18.1 Å². The predicted molar refractivity (Wildman–Crippen MR) is 98.5 cm³/mol. The fourth-order valence-electron chi connectivity index (χ4n) is 2.12. The number of nitrogens with zero attached hydrogens (tertiary/aromatic N) is 2. The lowest BCUT2D eigenvalue weighted by Gasteiger charge is -2.18. The van der Waals surface area contributed by atoms with E-state index in [1.807, 2.05) is 31.2 Å². The maximum Gasteiger partial charge on any atom is 0.356 e. The number of rotatable bonds is 7. The monoisotopic (exact) mass is 357 g/mol. The Morgan fingerprint density at radius 3 is 2.62 bits per heavy atom. The number of esters is 1. The van der Waals surface area contributed by atoms with Crippen LogP contribution in [0.15, 0.2) is 42.6 Å². The Labute approximate surface area is 152 Å². The van der Waals surface area contributed by atoms with E-state index in [0.717, 1.165) is 11.3 Å². The molecule has 1 N–H and O–H groups in total. The zero-order valence-corrected chi connectivity index (χ0v) is 15.2. The first-order chi connectivity index (χ1) is 12.5. The average molecular weight is 357 g/mol. The Morgan fingerprint density at radius 2 is 1.96 bits per heavy atom. The number of aryl methyl sites for hydroxylation is 1. The van der Waals surface area contributed by atoms with Crippen molar-refractivity contribution >= 4 is 17.7 Å². The van der Waals surface area contributed by atoms with E-state index in [1.165, 1.54) is 17.2 Å². The zero-order chi connectivity index (χ0) is 18.9. The van der Waals surface area contributed by atoms with E-state index in [9.17, 15) is 9.59 Å². The van der Waals surface area contributed by atoms with Gasteiger partial charge < -0.3 is 19.7 Å². The number of hydrogen-bond acceptors (Lipinski definition) is 5. The molecule has 138 valence electrons. The Balaban J connectivity index is 1.81. The number of anilines is 1. The number of carbonyl (C=O) groups excluding carboxylic acids is 2. The number of benzene rings is 1. The van der Waals surface area contributed by atoms with Gasteiger partial charge in [-0.1, -0.05) is 18.2 Å². The molecule has 0 saturated carbocycles. The van der Waals surface area contributed by atoms with Gasteiger partial charge in [0.05, 0.1) is 25.0 Å². The molecule has 0 fully saturated rings. The molecule has 7 heteroatoms. The molecule has 0 radical (unpaired) electrons. The summed E-state index contributed by atoms with van der Waals surface area (Å²) >= 11 is 0. The Hall–Kier alpha value is -3.09. The number of likely N-dealkylation sites (N-methyl/N-ethyl adjacent to an activating group) is 1. The second-order valence-corrected chi connectivity index (χ2v) is 5.62. The van der Waals surface area contributed by atoms with Gasteiger partial charge in [-0.3, -0.25) is 0 Å². The molecular weight excluding hydrogens is 334 g/mol. The van der Waals surface area contributed by atoms with Crippen molar-refractivity contribution in [2.24, 2.45) is 0 Å². The van der Waals surface area contributed by atoms with Crippen molar-refractivity contribution in [3.05, 3.63) is 53.9 Å². The van der Waals surface area contributed by atoms with Crippen LogP contribution in [0, 0.1) is 6.92 Å². The Bertz CT molecular complexity index is 747. The molecule has 0 aliphatic carbocycles. The van der Waals surface area contributed by atoms with Crippen LogP contribution in [-0.2, 0) is 4.74 Å². The van der Waals surface area contributed by atoms with Crippen LogP contribution < -0.4 is 10.1 Å². The molecule has 0 aliphatic rings. The van der Waals surface area contributed by atoms with Gasteiger partial charge in [0, 0.05) is 7.05 Å². The maximum atomic E-state index is 12.2. The Kier molecular flexibility index (Phi) is 6.96. The van der Waals surface area contributed by atoms with Gasteiger partial charge in [0.2, 0.25) is 0 Å². The van der Waals surface area contributed by atoms with E-state index in [-0.39, 0.29) is 18.3 Å². The summed E-state index contributed by atoms with van der Waals surface area (Å²) in [5.41, 5.74) is 1.74. The van der Waals surface area contributed by atoms with Crippen molar-refractivity contribution in [2.75, 3.05) is 32.1 Å². The molecule has 1 aromatic heterocycles. The van der Waals surface area contributed by atoms with Crippen LogP contribution in [0.25, 0.3) is 0 Å². The highest BCUT2D eigenvalue weighted by Gasteiger charge is 2.11. The minimum atomic E-state index is -0.490. The molecule has 1 heterocycles. The van der Waals surface area contributed by atoms with E-state index < -0.39 is 5.97 Å². The van der Waals surface area contributed by atoms with E-state index in [4.69, 9.17) is 9.47 Å². The third-order valence-electron chi connectivity index (χ3n) is 3.62. The highest BCUT2D eigenvalue weighted by atomic mass is 16.5. The van der Waals surface area contributed by atoms with Crippen LogP contribution in [-0.4, -0.2) is 48.7 Å². The number of nitrogens with one attached hydrogen (secondary N) is 1.